The van der Waals surface area contributed by atoms with E-state index in [0.717, 1.165) is 11.6 Å². The second kappa shape index (κ2) is 7.06. The van der Waals surface area contributed by atoms with Gasteiger partial charge in [0.05, 0.1) is 18.0 Å². The summed E-state index contributed by atoms with van der Waals surface area (Å²) in [5, 5.41) is 3.10. The van der Waals surface area contributed by atoms with Gasteiger partial charge in [0.1, 0.15) is 12.4 Å². The lowest BCUT2D eigenvalue weighted by Crippen LogP contribution is -2.19. The zero-order chi connectivity index (χ0) is 15.2. The molecule has 0 aliphatic heterocycles. The molecule has 0 bridgehead atoms. The third kappa shape index (κ3) is 4.73. The number of hydrogen-bond donors (Lipinski definition) is 2. The molecule has 1 amide bonds. The van der Waals surface area contributed by atoms with Crippen molar-refractivity contribution in [1.82, 2.24) is 0 Å². The highest BCUT2D eigenvalue weighted by Gasteiger charge is 2.07. The Hall–Kier alpha value is -2.11. The third-order valence-electron chi connectivity index (χ3n) is 2.68. The summed E-state index contributed by atoms with van der Waals surface area (Å²) in [6, 6.07) is 10.9. The van der Waals surface area contributed by atoms with Gasteiger partial charge in [-0.2, -0.15) is 0 Å². The highest BCUT2D eigenvalue weighted by molar-refractivity contribution is 6.30. The molecule has 0 aliphatic rings. The van der Waals surface area contributed by atoms with Crippen LogP contribution >= 0.6 is 11.6 Å². The minimum atomic E-state index is -0.473. The van der Waals surface area contributed by atoms with Crippen molar-refractivity contribution in [3.05, 3.63) is 58.9 Å². The van der Waals surface area contributed by atoms with E-state index in [1.54, 1.807) is 18.2 Å². The first-order valence-corrected chi connectivity index (χ1v) is 6.59. The van der Waals surface area contributed by atoms with Gasteiger partial charge in [0.15, 0.2) is 0 Å². The molecule has 0 radical (unpaired) electrons. The van der Waals surface area contributed by atoms with Crippen molar-refractivity contribution in [3.8, 4) is 0 Å². The maximum atomic E-state index is 13.1. The third-order valence-corrected chi connectivity index (χ3v) is 2.92. The number of ether oxygens (including phenoxy) is 1. The number of rotatable bonds is 5. The molecular weight excluding hydrogens is 295 g/mol. The number of nitrogens with one attached hydrogen (secondary N) is 1. The van der Waals surface area contributed by atoms with Crippen LogP contribution in [0.4, 0.5) is 15.8 Å². The van der Waals surface area contributed by atoms with Crippen molar-refractivity contribution in [2.24, 2.45) is 0 Å². The summed E-state index contributed by atoms with van der Waals surface area (Å²) < 4.78 is 18.3. The van der Waals surface area contributed by atoms with E-state index in [0.29, 0.717) is 10.7 Å². The van der Waals surface area contributed by atoms with Gasteiger partial charge in [-0.25, -0.2) is 4.39 Å². The molecule has 4 nitrogen and oxygen atoms in total. The molecule has 0 saturated heterocycles. The monoisotopic (exact) mass is 308 g/mol. The van der Waals surface area contributed by atoms with Crippen LogP contribution in [0.2, 0.25) is 5.02 Å². The average molecular weight is 309 g/mol. The maximum Gasteiger partial charge on any atom is 0.250 e. The van der Waals surface area contributed by atoms with Gasteiger partial charge in [-0.05, 0) is 35.9 Å². The lowest BCUT2D eigenvalue weighted by Gasteiger charge is -2.09. The van der Waals surface area contributed by atoms with Crippen LogP contribution in [-0.4, -0.2) is 12.5 Å². The number of halogens is 2. The summed E-state index contributed by atoms with van der Waals surface area (Å²) in [6.45, 7) is 0.0923. The van der Waals surface area contributed by atoms with Crippen LogP contribution in [0, 0.1) is 5.82 Å². The van der Waals surface area contributed by atoms with E-state index in [1.165, 1.54) is 12.1 Å². The number of nitrogens with two attached hydrogens (primary N) is 1. The van der Waals surface area contributed by atoms with Gasteiger partial charge in [0, 0.05) is 5.02 Å². The van der Waals surface area contributed by atoms with E-state index in [1.807, 2.05) is 6.07 Å². The number of hydrogen-bond acceptors (Lipinski definition) is 3. The van der Waals surface area contributed by atoms with E-state index in [9.17, 15) is 9.18 Å². The summed E-state index contributed by atoms with van der Waals surface area (Å²) in [5.41, 5.74) is 7.02. The molecule has 6 heteroatoms. The van der Waals surface area contributed by atoms with Gasteiger partial charge < -0.3 is 15.8 Å². The second-order valence-corrected chi connectivity index (χ2v) is 4.84. The molecule has 0 saturated carbocycles. The zero-order valence-electron chi connectivity index (χ0n) is 11.1. The molecule has 2 aromatic rings. The first kappa shape index (κ1) is 15.3. The Bertz CT molecular complexity index is 649. The molecule has 0 fully saturated rings. The van der Waals surface area contributed by atoms with Crippen molar-refractivity contribution < 1.29 is 13.9 Å². The molecule has 21 heavy (non-hydrogen) atoms. The van der Waals surface area contributed by atoms with Gasteiger partial charge in [0.25, 0.3) is 0 Å². The number of amides is 1. The van der Waals surface area contributed by atoms with Gasteiger partial charge in [0.2, 0.25) is 5.91 Å². The van der Waals surface area contributed by atoms with E-state index < -0.39 is 11.7 Å². The van der Waals surface area contributed by atoms with Crippen LogP contribution < -0.4 is 11.1 Å². The molecule has 0 aromatic heterocycles. The van der Waals surface area contributed by atoms with Crippen LogP contribution in [-0.2, 0) is 16.1 Å². The van der Waals surface area contributed by atoms with Crippen LogP contribution in [0.25, 0.3) is 0 Å². The van der Waals surface area contributed by atoms with Gasteiger partial charge >= 0.3 is 0 Å². The Labute approximate surface area is 126 Å². The fraction of sp³-hybridized carbons (Fsp3) is 0.133. The van der Waals surface area contributed by atoms with Crippen LogP contribution in [0.3, 0.4) is 0 Å². The molecule has 2 aromatic carbocycles. The number of benzene rings is 2. The number of nitrogen functional groups attached to an aromatic ring is 1. The first-order valence-electron chi connectivity index (χ1n) is 6.21. The highest BCUT2D eigenvalue weighted by Crippen LogP contribution is 2.19. The zero-order valence-corrected chi connectivity index (χ0v) is 11.9. The quantitative estimate of drug-likeness (QED) is 0.834. The highest BCUT2D eigenvalue weighted by atomic mass is 35.5. The van der Waals surface area contributed by atoms with Crippen molar-refractivity contribution in [2.75, 3.05) is 17.7 Å². The number of anilines is 2. The molecule has 0 spiro atoms. The summed E-state index contributed by atoms with van der Waals surface area (Å²) >= 11 is 5.84. The molecule has 0 aliphatic carbocycles. The predicted molar refractivity (Wildman–Crippen MR) is 80.6 cm³/mol. The molecular formula is C15H14ClFN2O2. The molecule has 0 unspecified atom stereocenters. The van der Waals surface area contributed by atoms with E-state index in [-0.39, 0.29) is 18.9 Å². The van der Waals surface area contributed by atoms with Crippen LogP contribution in [0.1, 0.15) is 5.56 Å². The van der Waals surface area contributed by atoms with Crippen molar-refractivity contribution in [2.45, 2.75) is 6.61 Å². The molecule has 110 valence electrons. The lowest BCUT2D eigenvalue weighted by atomic mass is 10.2. The Balaban J connectivity index is 1.84. The summed E-state index contributed by atoms with van der Waals surface area (Å²) in [5.74, 6) is -0.881. The van der Waals surface area contributed by atoms with Crippen molar-refractivity contribution in [3.63, 3.8) is 0 Å². The fourth-order valence-electron chi connectivity index (χ4n) is 1.71. The Kier molecular flexibility index (Phi) is 5.14. The van der Waals surface area contributed by atoms with E-state index in [4.69, 9.17) is 22.1 Å². The standard InChI is InChI=1S/C15H14ClFN2O2/c16-11-3-1-2-10(6-11)8-21-9-15(20)19-14-7-12(17)4-5-13(14)18/h1-7H,8-9,18H2,(H,19,20). The van der Waals surface area contributed by atoms with Gasteiger partial charge in [-0.1, -0.05) is 23.7 Å². The minimum absolute atomic E-state index is 0.164. The summed E-state index contributed by atoms with van der Waals surface area (Å²) in [4.78, 5) is 11.7. The molecule has 2 rings (SSSR count). The molecule has 0 atom stereocenters. The maximum absolute atomic E-state index is 13.1. The van der Waals surface area contributed by atoms with Crippen molar-refractivity contribution >= 4 is 28.9 Å². The lowest BCUT2D eigenvalue weighted by molar-refractivity contribution is -0.121. The second-order valence-electron chi connectivity index (χ2n) is 4.40. The number of carbonyl (C=O) groups excluding carboxylic acids is 1. The summed E-state index contributed by atoms with van der Waals surface area (Å²) in [6.07, 6.45) is 0. The largest absolute Gasteiger partial charge is 0.397 e. The number of carbonyl (C=O) groups is 1. The Morgan fingerprint density at radius 2 is 2.10 bits per heavy atom. The van der Waals surface area contributed by atoms with Crippen LogP contribution in [0.15, 0.2) is 42.5 Å². The molecule has 3 N–H and O–H groups in total. The SMILES string of the molecule is Nc1ccc(F)cc1NC(=O)COCc1cccc(Cl)c1. The molecule has 0 heterocycles. The van der Waals surface area contributed by atoms with Gasteiger partial charge in [-0.15, -0.1) is 0 Å². The van der Waals surface area contributed by atoms with Crippen molar-refractivity contribution in [1.29, 1.82) is 0 Å². The fourth-order valence-corrected chi connectivity index (χ4v) is 1.92. The normalized spacial score (nSPS) is 10.4. The summed E-state index contributed by atoms with van der Waals surface area (Å²) in [7, 11) is 0. The first-order chi connectivity index (χ1) is 10.0. The topological polar surface area (TPSA) is 64.3 Å². The Morgan fingerprint density at radius 3 is 2.86 bits per heavy atom. The van der Waals surface area contributed by atoms with E-state index in [2.05, 4.69) is 5.32 Å². The minimum Gasteiger partial charge on any atom is -0.397 e. The Morgan fingerprint density at radius 1 is 1.29 bits per heavy atom. The van der Waals surface area contributed by atoms with E-state index >= 15 is 0 Å². The van der Waals surface area contributed by atoms with Crippen LogP contribution in [0.5, 0.6) is 0 Å². The average Bonchev–Trinajstić information content (AvgIpc) is 2.43. The smallest absolute Gasteiger partial charge is 0.250 e. The van der Waals surface area contributed by atoms with Gasteiger partial charge in [-0.3, -0.25) is 4.79 Å². The predicted octanol–water partition coefficient (Wildman–Crippen LogP) is 3.22.